The molecule has 122 valence electrons. The Kier molecular flexibility index (Phi) is 6.69. The zero-order valence-corrected chi connectivity index (χ0v) is 13.8. The molecule has 0 bridgehead atoms. The van der Waals surface area contributed by atoms with E-state index in [-0.39, 0.29) is 12.0 Å². The number of carbonyl (C=O) groups is 1. The van der Waals surface area contributed by atoms with Crippen LogP contribution in [0.5, 0.6) is 5.88 Å². The number of aromatic nitrogens is 1. The van der Waals surface area contributed by atoms with Crippen molar-refractivity contribution in [2.75, 3.05) is 0 Å². The molecule has 0 saturated heterocycles. The van der Waals surface area contributed by atoms with Gasteiger partial charge in [-0.2, -0.15) is 0 Å². The maximum absolute atomic E-state index is 12.0. The smallest absolute Gasteiger partial charge is 0.220 e. The summed E-state index contributed by atoms with van der Waals surface area (Å²) in [7, 11) is 0. The fourth-order valence-electron chi connectivity index (χ4n) is 3.01. The van der Waals surface area contributed by atoms with Gasteiger partial charge in [0.2, 0.25) is 11.8 Å². The number of nitrogens with zero attached hydrogens (tertiary/aromatic N) is 1. The second kappa shape index (κ2) is 8.76. The molecular formula is C18H28N2O2. The van der Waals surface area contributed by atoms with Crippen molar-refractivity contribution in [3.63, 3.8) is 0 Å². The van der Waals surface area contributed by atoms with Crippen LogP contribution in [0, 0.1) is 5.92 Å². The van der Waals surface area contributed by atoms with Gasteiger partial charge in [0, 0.05) is 24.7 Å². The summed E-state index contributed by atoms with van der Waals surface area (Å²) in [6.07, 6.45) is 9.53. The second-order valence-corrected chi connectivity index (χ2v) is 6.37. The summed E-state index contributed by atoms with van der Waals surface area (Å²) in [5, 5.41) is 2.99. The minimum atomic E-state index is 0.108. The first-order chi connectivity index (χ1) is 10.7. The van der Waals surface area contributed by atoms with E-state index in [2.05, 4.69) is 24.1 Å². The molecule has 4 nitrogen and oxygen atoms in total. The number of hydrogen-bond donors (Lipinski definition) is 1. The lowest BCUT2D eigenvalue weighted by Crippen LogP contribution is -2.25. The molecule has 2 rings (SSSR count). The van der Waals surface area contributed by atoms with Crippen molar-refractivity contribution in [1.29, 1.82) is 0 Å². The summed E-state index contributed by atoms with van der Waals surface area (Å²) in [5.74, 6) is 1.22. The molecule has 0 aliphatic heterocycles. The standard InChI is InChI=1S/C18H28N2O2/c1-3-7-14(2)12-17(21)20-13-15-8-6-11-19-18(15)22-16-9-4-5-10-16/h6,8,11,14,16H,3-5,7,9-10,12-13H2,1-2H3,(H,20,21). The van der Waals surface area contributed by atoms with Crippen molar-refractivity contribution in [3.05, 3.63) is 23.9 Å². The molecule has 0 radical (unpaired) electrons. The number of rotatable bonds is 8. The first kappa shape index (κ1) is 16.8. The molecule has 1 aromatic rings. The zero-order valence-electron chi connectivity index (χ0n) is 13.8. The lowest BCUT2D eigenvalue weighted by Gasteiger charge is -2.16. The normalized spacial score (nSPS) is 16.5. The molecule has 1 saturated carbocycles. The van der Waals surface area contributed by atoms with Crippen LogP contribution in [0.3, 0.4) is 0 Å². The summed E-state index contributed by atoms with van der Waals surface area (Å²) in [5.41, 5.74) is 0.964. The maximum Gasteiger partial charge on any atom is 0.220 e. The van der Waals surface area contributed by atoms with Crippen LogP contribution in [0.4, 0.5) is 0 Å². The van der Waals surface area contributed by atoms with E-state index in [1.54, 1.807) is 6.20 Å². The molecule has 0 aromatic carbocycles. The largest absolute Gasteiger partial charge is 0.474 e. The maximum atomic E-state index is 12.0. The van der Waals surface area contributed by atoms with Crippen molar-refractivity contribution in [2.24, 2.45) is 5.92 Å². The lowest BCUT2D eigenvalue weighted by molar-refractivity contribution is -0.122. The topological polar surface area (TPSA) is 51.2 Å². The molecule has 1 atom stereocenters. The highest BCUT2D eigenvalue weighted by molar-refractivity contribution is 5.76. The molecule has 1 heterocycles. The second-order valence-electron chi connectivity index (χ2n) is 6.37. The molecule has 4 heteroatoms. The Hall–Kier alpha value is -1.58. The van der Waals surface area contributed by atoms with Gasteiger partial charge < -0.3 is 10.1 Å². The third-order valence-electron chi connectivity index (χ3n) is 4.22. The molecule has 0 spiro atoms. The van der Waals surface area contributed by atoms with Gasteiger partial charge in [-0.1, -0.05) is 32.8 Å². The van der Waals surface area contributed by atoms with Crippen LogP contribution in [0.25, 0.3) is 0 Å². The van der Waals surface area contributed by atoms with Crippen LogP contribution >= 0.6 is 0 Å². The lowest BCUT2D eigenvalue weighted by atomic mass is 10.0. The van der Waals surface area contributed by atoms with Gasteiger partial charge in [0.25, 0.3) is 0 Å². The number of hydrogen-bond acceptors (Lipinski definition) is 3. The first-order valence-corrected chi connectivity index (χ1v) is 8.56. The Bertz CT molecular complexity index is 470. The first-order valence-electron chi connectivity index (χ1n) is 8.56. The van der Waals surface area contributed by atoms with E-state index in [1.165, 1.54) is 12.8 Å². The number of ether oxygens (including phenoxy) is 1. The predicted octanol–water partition coefficient (Wildman–Crippen LogP) is 3.85. The summed E-state index contributed by atoms with van der Waals surface area (Å²) in [6, 6.07) is 3.87. The molecule has 1 N–H and O–H groups in total. The summed E-state index contributed by atoms with van der Waals surface area (Å²) >= 11 is 0. The molecule has 1 unspecified atom stereocenters. The van der Waals surface area contributed by atoms with Crippen LogP contribution in [0.2, 0.25) is 0 Å². The fraction of sp³-hybridized carbons (Fsp3) is 0.667. The Morgan fingerprint density at radius 1 is 1.45 bits per heavy atom. The van der Waals surface area contributed by atoms with Gasteiger partial charge in [0.1, 0.15) is 6.10 Å². The van der Waals surface area contributed by atoms with Crippen LogP contribution in [-0.4, -0.2) is 17.0 Å². The van der Waals surface area contributed by atoms with E-state index in [9.17, 15) is 4.79 Å². The third kappa shape index (κ3) is 5.32. The van der Waals surface area contributed by atoms with Crippen LogP contribution in [0.15, 0.2) is 18.3 Å². The summed E-state index contributed by atoms with van der Waals surface area (Å²) in [6.45, 7) is 4.77. The van der Waals surface area contributed by atoms with E-state index < -0.39 is 0 Å². The zero-order chi connectivity index (χ0) is 15.8. The van der Waals surface area contributed by atoms with Gasteiger partial charge in [-0.3, -0.25) is 4.79 Å². The average Bonchev–Trinajstić information content (AvgIpc) is 2.99. The SMILES string of the molecule is CCCC(C)CC(=O)NCc1cccnc1OC1CCCC1. The number of nitrogens with one attached hydrogen (secondary N) is 1. The van der Waals surface area contributed by atoms with E-state index >= 15 is 0 Å². The van der Waals surface area contributed by atoms with Crippen molar-refractivity contribution in [1.82, 2.24) is 10.3 Å². The summed E-state index contributed by atoms with van der Waals surface area (Å²) < 4.78 is 6.00. The van der Waals surface area contributed by atoms with E-state index in [4.69, 9.17) is 4.74 Å². The van der Waals surface area contributed by atoms with E-state index in [0.29, 0.717) is 24.8 Å². The highest BCUT2D eigenvalue weighted by Gasteiger charge is 2.18. The van der Waals surface area contributed by atoms with Crippen molar-refractivity contribution >= 4 is 5.91 Å². The Morgan fingerprint density at radius 2 is 2.23 bits per heavy atom. The quantitative estimate of drug-likeness (QED) is 0.793. The highest BCUT2D eigenvalue weighted by Crippen LogP contribution is 2.25. The fourth-order valence-corrected chi connectivity index (χ4v) is 3.01. The van der Waals surface area contributed by atoms with Crippen molar-refractivity contribution in [3.8, 4) is 5.88 Å². The minimum Gasteiger partial charge on any atom is -0.474 e. The van der Waals surface area contributed by atoms with Crippen molar-refractivity contribution < 1.29 is 9.53 Å². The molecule has 1 amide bonds. The Balaban J connectivity index is 1.85. The number of amides is 1. The van der Waals surface area contributed by atoms with Gasteiger partial charge in [0.05, 0.1) is 0 Å². The van der Waals surface area contributed by atoms with E-state index in [0.717, 1.165) is 31.2 Å². The van der Waals surface area contributed by atoms with Crippen molar-refractivity contribution in [2.45, 2.75) is 71.4 Å². The monoisotopic (exact) mass is 304 g/mol. The third-order valence-corrected chi connectivity index (χ3v) is 4.22. The van der Waals surface area contributed by atoms with E-state index in [1.807, 2.05) is 12.1 Å². The molecule has 1 aromatic heterocycles. The molecular weight excluding hydrogens is 276 g/mol. The molecule has 22 heavy (non-hydrogen) atoms. The van der Waals surface area contributed by atoms with Crippen LogP contribution < -0.4 is 10.1 Å². The van der Waals surface area contributed by atoms with Crippen LogP contribution in [0.1, 0.15) is 64.4 Å². The van der Waals surface area contributed by atoms with Gasteiger partial charge in [-0.25, -0.2) is 4.98 Å². The van der Waals surface area contributed by atoms with Gasteiger partial charge in [-0.15, -0.1) is 0 Å². The van der Waals surface area contributed by atoms with Gasteiger partial charge in [-0.05, 0) is 37.7 Å². The summed E-state index contributed by atoms with van der Waals surface area (Å²) in [4.78, 5) is 16.3. The average molecular weight is 304 g/mol. The van der Waals surface area contributed by atoms with Crippen LogP contribution in [-0.2, 0) is 11.3 Å². The minimum absolute atomic E-state index is 0.108. The Labute approximate surface area is 133 Å². The molecule has 1 aliphatic carbocycles. The number of carbonyl (C=O) groups excluding carboxylic acids is 1. The predicted molar refractivity (Wildman–Crippen MR) is 87.7 cm³/mol. The molecule has 1 aliphatic rings. The Morgan fingerprint density at radius 3 is 2.95 bits per heavy atom. The number of pyridine rings is 1. The van der Waals surface area contributed by atoms with Gasteiger partial charge >= 0.3 is 0 Å². The highest BCUT2D eigenvalue weighted by atomic mass is 16.5. The molecule has 1 fully saturated rings. The van der Waals surface area contributed by atoms with Gasteiger partial charge in [0.15, 0.2) is 0 Å².